The second-order valence-corrected chi connectivity index (χ2v) is 5.03. The van der Waals surface area contributed by atoms with E-state index in [9.17, 15) is 14.0 Å². The Balaban J connectivity index is 1.74. The monoisotopic (exact) mass is 294 g/mol. The summed E-state index contributed by atoms with van der Waals surface area (Å²) in [7, 11) is 1.55. The number of hydrogen-bond acceptors (Lipinski definition) is 3. The van der Waals surface area contributed by atoms with Crippen molar-refractivity contribution < 1.29 is 18.7 Å². The lowest BCUT2D eigenvalue weighted by atomic mass is 10.1. The number of carbonyl (C=O) groups is 2. The van der Waals surface area contributed by atoms with Crippen LogP contribution in [0, 0.1) is 11.7 Å². The molecule has 2 N–H and O–H groups in total. The summed E-state index contributed by atoms with van der Waals surface area (Å²) in [6.45, 7) is 0.771. The van der Waals surface area contributed by atoms with Crippen LogP contribution in [0.2, 0.25) is 0 Å². The molecule has 2 rings (SSSR count). The van der Waals surface area contributed by atoms with E-state index < -0.39 is 0 Å². The molecule has 0 heterocycles. The van der Waals surface area contributed by atoms with Crippen LogP contribution in [0.5, 0.6) is 0 Å². The molecule has 1 aromatic rings. The molecule has 1 fully saturated rings. The predicted octanol–water partition coefficient (Wildman–Crippen LogP) is 0.808. The van der Waals surface area contributed by atoms with Crippen LogP contribution in [0.4, 0.5) is 4.39 Å². The van der Waals surface area contributed by atoms with Crippen molar-refractivity contribution in [2.24, 2.45) is 5.92 Å². The van der Waals surface area contributed by atoms with Gasteiger partial charge in [0.25, 0.3) is 0 Å². The van der Waals surface area contributed by atoms with E-state index in [0.29, 0.717) is 25.1 Å². The summed E-state index contributed by atoms with van der Waals surface area (Å²) in [5.74, 6) is -1.07. The number of benzene rings is 1. The Bertz CT molecular complexity index is 521. The Kier molecular flexibility index (Phi) is 5.27. The van der Waals surface area contributed by atoms with E-state index >= 15 is 0 Å². The SMILES string of the molecule is COCCNC(=O)CNC(=O)C1CC1c1ccccc1F. The zero-order chi connectivity index (χ0) is 15.2. The molecular formula is C15H19FN2O3. The number of carbonyl (C=O) groups excluding carboxylic acids is 2. The van der Waals surface area contributed by atoms with Crippen LogP contribution in [0.1, 0.15) is 17.9 Å². The molecule has 1 aliphatic carbocycles. The number of hydrogen-bond donors (Lipinski definition) is 2. The summed E-state index contributed by atoms with van der Waals surface area (Å²) >= 11 is 0. The van der Waals surface area contributed by atoms with Crippen LogP contribution in [-0.2, 0) is 14.3 Å². The van der Waals surface area contributed by atoms with Crippen molar-refractivity contribution in [1.82, 2.24) is 10.6 Å². The molecule has 114 valence electrons. The van der Waals surface area contributed by atoms with E-state index in [-0.39, 0.29) is 36.0 Å². The summed E-state index contributed by atoms with van der Waals surface area (Å²) < 4.78 is 18.4. The van der Waals surface area contributed by atoms with E-state index in [4.69, 9.17) is 4.74 Å². The Labute approximate surface area is 122 Å². The highest BCUT2D eigenvalue weighted by molar-refractivity contribution is 5.87. The zero-order valence-corrected chi connectivity index (χ0v) is 11.9. The molecule has 1 aromatic carbocycles. The number of ether oxygens (including phenoxy) is 1. The van der Waals surface area contributed by atoms with E-state index in [1.807, 2.05) is 0 Å². The van der Waals surface area contributed by atoms with Gasteiger partial charge in [0.15, 0.2) is 0 Å². The molecule has 2 amide bonds. The number of nitrogens with one attached hydrogen (secondary N) is 2. The fraction of sp³-hybridized carbons (Fsp3) is 0.467. The molecule has 2 unspecified atom stereocenters. The van der Waals surface area contributed by atoms with Crippen LogP contribution in [-0.4, -0.2) is 38.6 Å². The molecular weight excluding hydrogens is 275 g/mol. The lowest BCUT2D eigenvalue weighted by Gasteiger charge is -2.06. The molecule has 0 aliphatic heterocycles. The summed E-state index contributed by atoms with van der Waals surface area (Å²) in [5, 5.41) is 5.19. The minimum atomic E-state index is -0.282. The van der Waals surface area contributed by atoms with Gasteiger partial charge in [-0.15, -0.1) is 0 Å². The van der Waals surface area contributed by atoms with E-state index in [1.165, 1.54) is 6.07 Å². The van der Waals surface area contributed by atoms with Crippen LogP contribution in [0.25, 0.3) is 0 Å². The van der Waals surface area contributed by atoms with Crippen molar-refractivity contribution in [2.75, 3.05) is 26.8 Å². The second kappa shape index (κ2) is 7.17. The molecule has 0 bridgehead atoms. The van der Waals surface area contributed by atoms with Gasteiger partial charge in [-0.05, 0) is 24.0 Å². The van der Waals surface area contributed by atoms with E-state index in [0.717, 1.165) is 0 Å². The van der Waals surface area contributed by atoms with Gasteiger partial charge in [-0.1, -0.05) is 18.2 Å². The van der Waals surface area contributed by atoms with Crippen molar-refractivity contribution >= 4 is 11.8 Å². The minimum absolute atomic E-state index is 0.0664. The van der Waals surface area contributed by atoms with Gasteiger partial charge in [-0.25, -0.2) is 4.39 Å². The third kappa shape index (κ3) is 4.26. The lowest BCUT2D eigenvalue weighted by Crippen LogP contribution is -2.38. The van der Waals surface area contributed by atoms with Gasteiger partial charge in [0.2, 0.25) is 11.8 Å². The topological polar surface area (TPSA) is 67.4 Å². The van der Waals surface area contributed by atoms with Crippen LogP contribution in [0.15, 0.2) is 24.3 Å². The van der Waals surface area contributed by atoms with Crippen molar-refractivity contribution in [1.29, 1.82) is 0 Å². The molecule has 2 atom stereocenters. The highest BCUT2D eigenvalue weighted by Gasteiger charge is 2.45. The fourth-order valence-electron chi connectivity index (χ4n) is 2.26. The van der Waals surface area contributed by atoms with Crippen molar-refractivity contribution in [3.05, 3.63) is 35.6 Å². The summed E-state index contributed by atoms with van der Waals surface area (Å²) in [4.78, 5) is 23.3. The maximum absolute atomic E-state index is 13.6. The van der Waals surface area contributed by atoms with E-state index in [1.54, 1.807) is 25.3 Å². The second-order valence-electron chi connectivity index (χ2n) is 5.03. The maximum atomic E-state index is 13.6. The molecule has 1 aliphatic rings. The van der Waals surface area contributed by atoms with Crippen LogP contribution in [0.3, 0.4) is 0 Å². The molecule has 0 aromatic heterocycles. The maximum Gasteiger partial charge on any atom is 0.239 e. The fourth-order valence-corrected chi connectivity index (χ4v) is 2.26. The molecule has 5 nitrogen and oxygen atoms in total. The highest BCUT2D eigenvalue weighted by Crippen LogP contribution is 2.48. The van der Waals surface area contributed by atoms with Crippen molar-refractivity contribution in [2.45, 2.75) is 12.3 Å². The van der Waals surface area contributed by atoms with Gasteiger partial charge in [0, 0.05) is 19.6 Å². The van der Waals surface area contributed by atoms with Gasteiger partial charge in [-0.2, -0.15) is 0 Å². The first kappa shape index (κ1) is 15.4. The average Bonchev–Trinajstić information content (AvgIpc) is 3.26. The quantitative estimate of drug-likeness (QED) is 0.731. The van der Waals surface area contributed by atoms with E-state index in [2.05, 4.69) is 10.6 Å². The molecule has 0 radical (unpaired) electrons. The Morgan fingerprint density at radius 3 is 2.81 bits per heavy atom. The first-order valence-corrected chi connectivity index (χ1v) is 6.91. The van der Waals surface area contributed by atoms with Gasteiger partial charge in [0.05, 0.1) is 13.2 Å². The molecule has 6 heteroatoms. The predicted molar refractivity (Wildman–Crippen MR) is 75.1 cm³/mol. The summed E-state index contributed by atoms with van der Waals surface area (Å²) in [5.41, 5.74) is 0.571. The van der Waals surface area contributed by atoms with Gasteiger partial charge in [0.1, 0.15) is 5.82 Å². The normalized spacial score (nSPS) is 19.9. The molecule has 0 saturated heterocycles. The Hall–Kier alpha value is -1.95. The third-order valence-corrected chi connectivity index (χ3v) is 3.48. The van der Waals surface area contributed by atoms with Crippen LogP contribution >= 0.6 is 0 Å². The number of methoxy groups -OCH3 is 1. The molecule has 1 saturated carbocycles. The van der Waals surface area contributed by atoms with Gasteiger partial charge >= 0.3 is 0 Å². The van der Waals surface area contributed by atoms with Crippen LogP contribution < -0.4 is 10.6 Å². The average molecular weight is 294 g/mol. The molecule has 21 heavy (non-hydrogen) atoms. The standard InChI is InChI=1S/C15H19FN2O3/c1-21-7-6-17-14(19)9-18-15(20)12-8-11(12)10-4-2-3-5-13(10)16/h2-5,11-12H,6-9H2,1H3,(H,17,19)(H,18,20). The highest BCUT2D eigenvalue weighted by atomic mass is 19.1. The first-order valence-electron chi connectivity index (χ1n) is 6.91. The largest absolute Gasteiger partial charge is 0.383 e. The number of halogens is 1. The zero-order valence-electron chi connectivity index (χ0n) is 11.9. The van der Waals surface area contributed by atoms with Gasteiger partial charge in [-0.3, -0.25) is 9.59 Å². The summed E-state index contributed by atoms with van der Waals surface area (Å²) in [6, 6.07) is 6.48. The first-order chi connectivity index (χ1) is 10.1. The Morgan fingerprint density at radius 1 is 1.33 bits per heavy atom. The lowest BCUT2D eigenvalue weighted by molar-refractivity contribution is -0.126. The third-order valence-electron chi connectivity index (χ3n) is 3.48. The van der Waals surface area contributed by atoms with Crippen molar-refractivity contribution in [3.8, 4) is 0 Å². The summed E-state index contributed by atoms with van der Waals surface area (Å²) in [6.07, 6.45) is 0.623. The van der Waals surface area contributed by atoms with Crippen molar-refractivity contribution in [3.63, 3.8) is 0 Å². The number of rotatable bonds is 7. The molecule has 0 spiro atoms. The smallest absolute Gasteiger partial charge is 0.239 e. The minimum Gasteiger partial charge on any atom is -0.383 e. The Morgan fingerprint density at radius 2 is 2.10 bits per heavy atom. The van der Waals surface area contributed by atoms with Gasteiger partial charge < -0.3 is 15.4 Å². The number of amides is 2.